The Morgan fingerprint density at radius 3 is 2.41 bits per heavy atom. The molecule has 146 valence electrons. The minimum absolute atomic E-state index is 0.107. The predicted molar refractivity (Wildman–Crippen MR) is 112 cm³/mol. The number of fused-ring (bicyclic) bond motifs is 3. The molecule has 2 unspecified atom stereocenters. The number of para-hydroxylation sites is 2. The van der Waals surface area contributed by atoms with Crippen LogP contribution >= 0.6 is 0 Å². The van der Waals surface area contributed by atoms with Crippen molar-refractivity contribution < 1.29 is 14.2 Å². The highest BCUT2D eigenvalue weighted by Gasteiger charge is 2.42. The number of hydrogen-bond acceptors (Lipinski definition) is 5. The fourth-order valence-corrected chi connectivity index (χ4v) is 4.15. The minimum Gasteiger partial charge on any atom is -0.493 e. The molecule has 0 radical (unpaired) electrons. The maximum absolute atomic E-state index is 6.44. The van der Waals surface area contributed by atoms with Crippen LogP contribution in [0.15, 0.2) is 77.9 Å². The smallest absolute Gasteiger partial charge is 0.217 e. The highest BCUT2D eigenvalue weighted by Crippen LogP contribution is 2.49. The van der Waals surface area contributed by atoms with Crippen LogP contribution in [0.5, 0.6) is 17.2 Å². The Morgan fingerprint density at radius 2 is 1.62 bits per heavy atom. The molecular formula is C24H22N2O3. The van der Waals surface area contributed by atoms with Gasteiger partial charge in [0.05, 0.1) is 31.5 Å². The van der Waals surface area contributed by atoms with Gasteiger partial charge in [0.15, 0.2) is 11.5 Å². The second-order valence-corrected chi connectivity index (χ2v) is 7.10. The summed E-state index contributed by atoms with van der Waals surface area (Å²) in [7, 11) is 3.29. The second kappa shape index (κ2) is 7.17. The van der Waals surface area contributed by atoms with Crippen LogP contribution in [0.4, 0.5) is 0 Å². The quantitative estimate of drug-likeness (QED) is 0.637. The van der Waals surface area contributed by atoms with Gasteiger partial charge in [-0.25, -0.2) is 5.01 Å². The van der Waals surface area contributed by atoms with Crippen molar-refractivity contribution in [3.8, 4) is 17.2 Å². The highest BCUT2D eigenvalue weighted by atomic mass is 16.5. The lowest BCUT2D eigenvalue weighted by Crippen LogP contribution is -2.34. The molecule has 2 aliphatic rings. The zero-order valence-electron chi connectivity index (χ0n) is 16.4. The number of nitrogens with zero attached hydrogens (tertiary/aromatic N) is 2. The van der Waals surface area contributed by atoms with Crippen molar-refractivity contribution in [2.75, 3.05) is 14.2 Å². The van der Waals surface area contributed by atoms with Gasteiger partial charge in [0.25, 0.3) is 0 Å². The monoisotopic (exact) mass is 386 g/mol. The van der Waals surface area contributed by atoms with Gasteiger partial charge < -0.3 is 14.2 Å². The standard InChI is InChI=1S/C24H22N2O3/c1-27-22-14-8-12-18(23(22)28-2)24-26-20(17-11-6-7-13-21(17)29-24)15-19(25-26)16-9-4-3-5-10-16/h3-14,20,24H,15H2,1-2H3. The molecule has 0 bridgehead atoms. The van der Waals surface area contributed by atoms with E-state index in [1.165, 1.54) is 0 Å². The van der Waals surface area contributed by atoms with Gasteiger partial charge in [-0.15, -0.1) is 0 Å². The van der Waals surface area contributed by atoms with E-state index in [4.69, 9.17) is 19.3 Å². The lowest BCUT2D eigenvalue weighted by molar-refractivity contribution is -0.0205. The zero-order chi connectivity index (χ0) is 19.8. The van der Waals surface area contributed by atoms with Crippen molar-refractivity contribution >= 4 is 5.71 Å². The van der Waals surface area contributed by atoms with E-state index in [0.29, 0.717) is 11.5 Å². The van der Waals surface area contributed by atoms with E-state index < -0.39 is 6.23 Å². The number of rotatable bonds is 4. The summed E-state index contributed by atoms with van der Waals surface area (Å²) < 4.78 is 17.6. The molecule has 5 rings (SSSR count). The minimum atomic E-state index is -0.402. The number of hydrogen-bond donors (Lipinski definition) is 0. The van der Waals surface area contributed by atoms with Crippen molar-refractivity contribution in [1.82, 2.24) is 5.01 Å². The van der Waals surface area contributed by atoms with E-state index in [9.17, 15) is 0 Å². The third kappa shape index (κ3) is 2.90. The summed E-state index contributed by atoms with van der Waals surface area (Å²) in [6.45, 7) is 0. The van der Waals surface area contributed by atoms with Crippen LogP contribution in [-0.2, 0) is 0 Å². The van der Waals surface area contributed by atoms with Gasteiger partial charge in [-0.1, -0.05) is 54.6 Å². The molecule has 0 spiro atoms. The Bertz CT molecular complexity index is 1060. The van der Waals surface area contributed by atoms with E-state index in [-0.39, 0.29) is 6.04 Å². The van der Waals surface area contributed by atoms with Gasteiger partial charge in [0.2, 0.25) is 6.23 Å². The van der Waals surface area contributed by atoms with Gasteiger partial charge in [-0.3, -0.25) is 0 Å². The second-order valence-electron chi connectivity index (χ2n) is 7.10. The first-order chi connectivity index (χ1) is 14.3. The van der Waals surface area contributed by atoms with Crippen molar-refractivity contribution in [3.05, 3.63) is 89.5 Å². The molecule has 2 atom stereocenters. The van der Waals surface area contributed by atoms with Gasteiger partial charge >= 0.3 is 0 Å². The Morgan fingerprint density at radius 1 is 0.862 bits per heavy atom. The molecule has 5 heteroatoms. The first kappa shape index (κ1) is 17.6. The van der Waals surface area contributed by atoms with Crippen LogP contribution in [0.1, 0.15) is 35.4 Å². The first-order valence-electron chi connectivity index (χ1n) is 9.68. The normalized spacial score (nSPS) is 19.7. The number of methoxy groups -OCH3 is 2. The Labute approximate surface area is 170 Å². The fraction of sp³-hybridized carbons (Fsp3) is 0.208. The van der Waals surface area contributed by atoms with Crippen LogP contribution in [0, 0.1) is 0 Å². The number of benzene rings is 3. The first-order valence-corrected chi connectivity index (χ1v) is 9.68. The summed E-state index contributed by atoms with van der Waals surface area (Å²) >= 11 is 0. The Balaban J connectivity index is 1.64. The molecule has 0 saturated heterocycles. The molecule has 0 amide bonds. The van der Waals surface area contributed by atoms with Crippen LogP contribution in [0.3, 0.4) is 0 Å². The Kier molecular flexibility index (Phi) is 4.35. The number of ether oxygens (including phenoxy) is 3. The molecule has 0 aromatic heterocycles. The number of hydrazone groups is 1. The average molecular weight is 386 g/mol. The van der Waals surface area contributed by atoms with E-state index in [2.05, 4.69) is 23.2 Å². The largest absolute Gasteiger partial charge is 0.493 e. The highest BCUT2D eigenvalue weighted by molar-refractivity contribution is 6.01. The maximum atomic E-state index is 6.44. The van der Waals surface area contributed by atoms with E-state index >= 15 is 0 Å². The van der Waals surface area contributed by atoms with Crippen molar-refractivity contribution in [3.63, 3.8) is 0 Å². The van der Waals surface area contributed by atoms with E-state index in [1.54, 1.807) is 14.2 Å². The Hall–Kier alpha value is -3.47. The molecule has 0 saturated carbocycles. The molecule has 2 aliphatic heterocycles. The third-order valence-electron chi connectivity index (χ3n) is 5.51. The summed E-state index contributed by atoms with van der Waals surface area (Å²) in [5.41, 5.74) is 4.24. The summed E-state index contributed by atoms with van der Waals surface area (Å²) in [6.07, 6.45) is 0.425. The van der Waals surface area contributed by atoms with Gasteiger partial charge in [-0.2, -0.15) is 5.10 Å². The molecule has 3 aromatic rings. The summed E-state index contributed by atoms with van der Waals surface area (Å²) in [5.74, 6) is 2.23. The fourth-order valence-electron chi connectivity index (χ4n) is 4.15. The van der Waals surface area contributed by atoms with Crippen LogP contribution in [-0.4, -0.2) is 24.9 Å². The molecule has 3 aromatic carbocycles. The lowest BCUT2D eigenvalue weighted by atomic mass is 9.96. The van der Waals surface area contributed by atoms with Gasteiger partial charge in [0.1, 0.15) is 5.75 Å². The topological polar surface area (TPSA) is 43.3 Å². The third-order valence-corrected chi connectivity index (χ3v) is 5.51. The molecule has 0 fully saturated rings. The van der Waals surface area contributed by atoms with E-state index in [0.717, 1.165) is 34.6 Å². The maximum Gasteiger partial charge on any atom is 0.217 e. The SMILES string of the molecule is COc1cccc(C2Oc3ccccc3C3CC(c4ccccc4)=NN32)c1OC. The van der Waals surface area contributed by atoms with Gasteiger partial charge in [0, 0.05) is 12.0 Å². The van der Waals surface area contributed by atoms with Gasteiger partial charge in [-0.05, 0) is 23.8 Å². The van der Waals surface area contributed by atoms with Crippen molar-refractivity contribution in [1.29, 1.82) is 0 Å². The predicted octanol–water partition coefficient (Wildman–Crippen LogP) is 4.95. The van der Waals surface area contributed by atoms with Crippen molar-refractivity contribution in [2.24, 2.45) is 5.10 Å². The summed E-state index contributed by atoms with van der Waals surface area (Å²) in [6, 6.07) is 24.5. The lowest BCUT2D eigenvalue weighted by Gasteiger charge is -2.38. The molecule has 29 heavy (non-hydrogen) atoms. The van der Waals surface area contributed by atoms with Crippen LogP contribution in [0.25, 0.3) is 0 Å². The molecule has 0 N–H and O–H groups in total. The molecule has 2 heterocycles. The van der Waals surface area contributed by atoms with E-state index in [1.807, 2.05) is 54.6 Å². The summed E-state index contributed by atoms with van der Waals surface area (Å²) in [5, 5.41) is 7.05. The summed E-state index contributed by atoms with van der Waals surface area (Å²) in [4.78, 5) is 0. The van der Waals surface area contributed by atoms with Crippen LogP contribution in [0.2, 0.25) is 0 Å². The molecule has 0 aliphatic carbocycles. The zero-order valence-corrected chi connectivity index (χ0v) is 16.4. The molecule has 5 nitrogen and oxygen atoms in total. The van der Waals surface area contributed by atoms with Crippen LogP contribution < -0.4 is 14.2 Å². The average Bonchev–Trinajstić information content (AvgIpc) is 3.24. The van der Waals surface area contributed by atoms with Crippen molar-refractivity contribution in [2.45, 2.75) is 18.7 Å². The molecular weight excluding hydrogens is 364 g/mol.